The smallest absolute Gasteiger partial charge is 0.205 e. The van der Waals surface area contributed by atoms with Crippen molar-refractivity contribution in [1.29, 1.82) is 5.26 Å². The number of pyridine rings is 1. The van der Waals surface area contributed by atoms with Crippen LogP contribution in [0.25, 0.3) is 0 Å². The first-order valence-corrected chi connectivity index (χ1v) is 6.74. The van der Waals surface area contributed by atoms with Gasteiger partial charge in [-0.3, -0.25) is 4.79 Å². The fraction of sp³-hybridized carbons (Fsp3) is 0.400. The fourth-order valence-corrected chi connectivity index (χ4v) is 2.19. The average molecular weight is 286 g/mol. The van der Waals surface area contributed by atoms with Crippen molar-refractivity contribution < 1.29 is 9.90 Å². The van der Waals surface area contributed by atoms with Gasteiger partial charge in [-0.05, 0) is 18.6 Å². The first kappa shape index (κ1) is 15.0. The van der Waals surface area contributed by atoms with E-state index in [0.717, 1.165) is 0 Å². The zero-order valence-electron chi connectivity index (χ0n) is 12.2. The van der Waals surface area contributed by atoms with Gasteiger partial charge in [0.15, 0.2) is 5.69 Å². The van der Waals surface area contributed by atoms with Gasteiger partial charge in [0.1, 0.15) is 11.8 Å². The second-order valence-corrected chi connectivity index (χ2v) is 5.21. The lowest BCUT2D eigenvalue weighted by atomic mass is 10.2. The van der Waals surface area contributed by atoms with E-state index >= 15 is 0 Å². The van der Waals surface area contributed by atoms with E-state index in [1.165, 1.54) is 6.08 Å². The van der Waals surface area contributed by atoms with Gasteiger partial charge in [0, 0.05) is 39.5 Å². The first-order valence-electron chi connectivity index (χ1n) is 6.74. The van der Waals surface area contributed by atoms with Crippen molar-refractivity contribution in [2.75, 3.05) is 32.1 Å². The van der Waals surface area contributed by atoms with Crippen molar-refractivity contribution in [1.82, 2.24) is 9.88 Å². The third-order valence-electron chi connectivity index (χ3n) is 3.26. The molecular formula is C15H18N4O2. The minimum absolute atomic E-state index is 0.216. The Hall–Kier alpha value is -2.39. The van der Waals surface area contributed by atoms with Crippen molar-refractivity contribution in [2.24, 2.45) is 0 Å². The van der Waals surface area contributed by atoms with Crippen LogP contribution >= 0.6 is 0 Å². The first-order chi connectivity index (χ1) is 10.0. The molecule has 1 aromatic heterocycles. The molecule has 21 heavy (non-hydrogen) atoms. The van der Waals surface area contributed by atoms with Gasteiger partial charge in [0.05, 0.1) is 11.8 Å². The molecule has 6 heteroatoms. The Morgan fingerprint density at radius 2 is 2.33 bits per heavy atom. The fourth-order valence-electron chi connectivity index (χ4n) is 2.19. The highest BCUT2D eigenvalue weighted by atomic mass is 16.3. The van der Waals surface area contributed by atoms with E-state index in [1.54, 1.807) is 23.2 Å². The SMILES string of the molecule is CN(C)C=CC(=O)c1ccc(N2CC[C@H](O)C2)c(C#N)n1. The Kier molecular flexibility index (Phi) is 4.55. The number of allylic oxidation sites excluding steroid dienone is 1. The maximum atomic E-state index is 12.0. The van der Waals surface area contributed by atoms with Crippen molar-refractivity contribution in [3.05, 3.63) is 35.8 Å². The zero-order valence-corrected chi connectivity index (χ0v) is 12.2. The van der Waals surface area contributed by atoms with Crippen LogP contribution in [-0.4, -0.2) is 54.1 Å². The van der Waals surface area contributed by atoms with Crippen molar-refractivity contribution in [2.45, 2.75) is 12.5 Å². The summed E-state index contributed by atoms with van der Waals surface area (Å²) in [6.07, 6.45) is 3.36. The third kappa shape index (κ3) is 3.58. The molecule has 0 radical (unpaired) electrons. The Morgan fingerprint density at radius 1 is 1.57 bits per heavy atom. The molecule has 0 aromatic carbocycles. The number of nitriles is 1. The van der Waals surface area contributed by atoms with Crippen LogP contribution in [0, 0.1) is 11.3 Å². The van der Waals surface area contributed by atoms with Crippen molar-refractivity contribution in [3.63, 3.8) is 0 Å². The monoisotopic (exact) mass is 286 g/mol. The zero-order chi connectivity index (χ0) is 15.4. The Labute approximate surface area is 123 Å². The molecule has 1 aliphatic heterocycles. The van der Waals surface area contributed by atoms with E-state index in [4.69, 9.17) is 0 Å². The number of hydrogen-bond acceptors (Lipinski definition) is 6. The van der Waals surface area contributed by atoms with Crippen molar-refractivity contribution >= 4 is 11.5 Å². The topological polar surface area (TPSA) is 80.5 Å². The average Bonchev–Trinajstić information content (AvgIpc) is 2.90. The molecule has 1 atom stereocenters. The number of nitrogens with zero attached hydrogens (tertiary/aromatic N) is 4. The Morgan fingerprint density at radius 3 is 2.90 bits per heavy atom. The standard InChI is InChI=1S/C15H18N4O2/c1-18(2)7-6-15(21)12-3-4-14(13(9-16)17-12)19-8-5-11(20)10-19/h3-4,6-7,11,20H,5,8,10H2,1-2H3/t11-/m0/s1. The number of carbonyl (C=O) groups excluding carboxylic acids is 1. The number of hydrogen-bond donors (Lipinski definition) is 1. The predicted molar refractivity (Wildman–Crippen MR) is 78.9 cm³/mol. The summed E-state index contributed by atoms with van der Waals surface area (Å²) in [7, 11) is 3.64. The second-order valence-electron chi connectivity index (χ2n) is 5.21. The molecular weight excluding hydrogens is 268 g/mol. The highest BCUT2D eigenvalue weighted by Gasteiger charge is 2.23. The lowest BCUT2D eigenvalue weighted by Gasteiger charge is -2.18. The van der Waals surface area contributed by atoms with Crippen LogP contribution in [0.4, 0.5) is 5.69 Å². The molecule has 1 aliphatic rings. The minimum Gasteiger partial charge on any atom is -0.391 e. The van der Waals surface area contributed by atoms with E-state index in [2.05, 4.69) is 4.98 Å². The van der Waals surface area contributed by atoms with E-state index in [1.807, 2.05) is 25.1 Å². The highest BCUT2D eigenvalue weighted by Crippen LogP contribution is 2.23. The maximum Gasteiger partial charge on any atom is 0.205 e. The van der Waals surface area contributed by atoms with Crippen molar-refractivity contribution in [3.8, 4) is 6.07 Å². The van der Waals surface area contributed by atoms with Crippen LogP contribution in [-0.2, 0) is 0 Å². The van der Waals surface area contributed by atoms with E-state index in [0.29, 0.717) is 25.2 Å². The summed E-state index contributed by atoms with van der Waals surface area (Å²) in [5, 5.41) is 18.8. The lowest BCUT2D eigenvalue weighted by molar-refractivity contribution is 0.104. The second kappa shape index (κ2) is 6.37. The van der Waals surface area contributed by atoms with Gasteiger partial charge in [-0.15, -0.1) is 0 Å². The summed E-state index contributed by atoms with van der Waals surface area (Å²) in [6, 6.07) is 5.36. The maximum absolute atomic E-state index is 12.0. The molecule has 2 heterocycles. The van der Waals surface area contributed by atoms with E-state index < -0.39 is 0 Å². The summed E-state index contributed by atoms with van der Waals surface area (Å²) in [5.41, 5.74) is 1.13. The molecule has 0 amide bonds. The van der Waals surface area contributed by atoms with Crippen LogP contribution < -0.4 is 4.90 Å². The summed E-state index contributed by atoms with van der Waals surface area (Å²) in [4.78, 5) is 19.8. The number of carbonyl (C=O) groups is 1. The van der Waals surface area contributed by atoms with Gasteiger partial charge in [-0.1, -0.05) is 0 Å². The number of aliphatic hydroxyl groups excluding tert-OH is 1. The largest absolute Gasteiger partial charge is 0.391 e. The number of rotatable bonds is 4. The molecule has 0 spiro atoms. The van der Waals surface area contributed by atoms with Crippen LogP contribution in [0.3, 0.4) is 0 Å². The number of aliphatic hydroxyl groups is 1. The molecule has 0 aliphatic carbocycles. The Bertz CT molecular complexity index is 604. The number of ketones is 1. The molecule has 1 aromatic rings. The molecule has 0 unspecified atom stereocenters. The number of β-amino-alcohol motifs (C(OH)–C–C–N with tert-alkyl or cyclic N) is 1. The molecule has 2 rings (SSSR count). The summed E-state index contributed by atoms with van der Waals surface area (Å²) >= 11 is 0. The molecule has 1 fully saturated rings. The quantitative estimate of drug-likeness (QED) is 0.651. The number of aromatic nitrogens is 1. The summed E-state index contributed by atoms with van der Waals surface area (Å²) in [6.45, 7) is 1.18. The summed E-state index contributed by atoms with van der Waals surface area (Å²) in [5.74, 6) is -0.242. The molecule has 110 valence electrons. The van der Waals surface area contributed by atoms with E-state index in [9.17, 15) is 15.2 Å². The molecule has 0 bridgehead atoms. The van der Waals surface area contributed by atoms with Crippen LogP contribution in [0.15, 0.2) is 24.4 Å². The molecule has 0 saturated carbocycles. The van der Waals surface area contributed by atoms with Crippen LogP contribution in [0.5, 0.6) is 0 Å². The van der Waals surface area contributed by atoms with Gasteiger partial charge in [0.2, 0.25) is 5.78 Å². The number of anilines is 1. The highest BCUT2D eigenvalue weighted by molar-refractivity contribution is 6.03. The van der Waals surface area contributed by atoms with Crippen LogP contribution in [0.1, 0.15) is 22.6 Å². The lowest BCUT2D eigenvalue weighted by Crippen LogP contribution is -2.22. The van der Waals surface area contributed by atoms with E-state index in [-0.39, 0.29) is 23.3 Å². The molecule has 1 saturated heterocycles. The molecule has 6 nitrogen and oxygen atoms in total. The van der Waals surface area contributed by atoms with Gasteiger partial charge in [-0.2, -0.15) is 5.26 Å². The third-order valence-corrected chi connectivity index (χ3v) is 3.26. The molecule has 1 N–H and O–H groups in total. The normalized spacial score (nSPS) is 18.0. The Balaban J connectivity index is 2.25. The minimum atomic E-state index is -0.374. The van der Waals surface area contributed by atoms with Gasteiger partial charge >= 0.3 is 0 Å². The van der Waals surface area contributed by atoms with Gasteiger partial charge in [0.25, 0.3) is 0 Å². The van der Waals surface area contributed by atoms with Crippen LogP contribution in [0.2, 0.25) is 0 Å². The predicted octanol–water partition coefficient (Wildman–Crippen LogP) is 0.782. The summed E-state index contributed by atoms with van der Waals surface area (Å²) < 4.78 is 0. The van der Waals surface area contributed by atoms with Gasteiger partial charge in [-0.25, -0.2) is 4.98 Å². The van der Waals surface area contributed by atoms with Gasteiger partial charge < -0.3 is 14.9 Å².